The Morgan fingerprint density at radius 3 is 2.84 bits per heavy atom. The Kier molecular flexibility index (Phi) is 4.16. The fourth-order valence-electron chi connectivity index (χ4n) is 2.26. The average molecular weight is 264 g/mol. The normalized spacial score (nSPS) is 21.7. The van der Waals surface area contributed by atoms with E-state index in [-0.39, 0.29) is 5.84 Å². The van der Waals surface area contributed by atoms with Crippen molar-refractivity contribution in [1.82, 2.24) is 14.9 Å². The number of likely N-dealkylation sites (N-methyl/N-ethyl adjacent to an activating group) is 1. The lowest BCUT2D eigenvalue weighted by molar-refractivity contribution is 0.213. The smallest absolute Gasteiger partial charge is 0.190 e. The van der Waals surface area contributed by atoms with E-state index in [4.69, 9.17) is 10.9 Å². The Bertz CT molecular complexity index is 446. The maximum atomic E-state index is 8.58. The van der Waals surface area contributed by atoms with Crippen molar-refractivity contribution in [2.75, 3.05) is 31.6 Å². The van der Waals surface area contributed by atoms with E-state index in [9.17, 15) is 0 Å². The first kappa shape index (κ1) is 13.5. The number of nitrogens with two attached hydrogens (primary N) is 1. The van der Waals surface area contributed by atoms with Crippen LogP contribution in [0.25, 0.3) is 0 Å². The summed E-state index contributed by atoms with van der Waals surface area (Å²) in [6.07, 6.45) is 4.32. The van der Waals surface area contributed by atoms with Crippen molar-refractivity contribution in [1.29, 1.82) is 0 Å². The molecule has 2 rings (SSSR count). The minimum atomic E-state index is -0.0242. The van der Waals surface area contributed by atoms with Gasteiger partial charge in [-0.25, -0.2) is 9.97 Å². The molecule has 0 bridgehead atoms. The maximum absolute atomic E-state index is 8.58. The molecule has 0 saturated carbocycles. The fourth-order valence-corrected chi connectivity index (χ4v) is 2.26. The molecule has 2 heterocycles. The fraction of sp³-hybridized carbons (Fsp3) is 0.583. The lowest BCUT2D eigenvalue weighted by Gasteiger charge is -2.39. The summed E-state index contributed by atoms with van der Waals surface area (Å²) in [6.45, 7) is 5.09. The number of hydrogen-bond donors (Lipinski definition) is 2. The van der Waals surface area contributed by atoms with Gasteiger partial charge >= 0.3 is 0 Å². The van der Waals surface area contributed by atoms with Crippen LogP contribution in [0, 0.1) is 0 Å². The first-order chi connectivity index (χ1) is 9.15. The Labute approximate surface area is 112 Å². The molecule has 0 amide bonds. The van der Waals surface area contributed by atoms with Crippen molar-refractivity contribution >= 4 is 11.7 Å². The molecule has 0 spiro atoms. The van der Waals surface area contributed by atoms with Crippen LogP contribution in [0.4, 0.5) is 5.82 Å². The van der Waals surface area contributed by atoms with E-state index in [1.165, 1.54) is 6.20 Å². The molecule has 1 fully saturated rings. The number of anilines is 1. The molecule has 1 saturated heterocycles. The van der Waals surface area contributed by atoms with E-state index in [0.717, 1.165) is 31.9 Å². The van der Waals surface area contributed by atoms with E-state index in [0.29, 0.717) is 11.7 Å². The van der Waals surface area contributed by atoms with Crippen LogP contribution in [0.5, 0.6) is 0 Å². The molecule has 0 aliphatic carbocycles. The summed E-state index contributed by atoms with van der Waals surface area (Å²) >= 11 is 0. The van der Waals surface area contributed by atoms with Crippen molar-refractivity contribution in [3.05, 3.63) is 18.1 Å². The summed E-state index contributed by atoms with van der Waals surface area (Å²) in [5, 5.41) is 11.5. The average Bonchev–Trinajstić information content (AvgIpc) is 2.47. The second-order valence-electron chi connectivity index (χ2n) is 4.73. The molecule has 7 nitrogen and oxygen atoms in total. The number of rotatable bonds is 3. The molecule has 19 heavy (non-hydrogen) atoms. The summed E-state index contributed by atoms with van der Waals surface area (Å²) in [7, 11) is 2.15. The second-order valence-corrected chi connectivity index (χ2v) is 4.73. The first-order valence-electron chi connectivity index (χ1n) is 6.40. The van der Waals surface area contributed by atoms with Gasteiger partial charge in [0.25, 0.3) is 0 Å². The molecular weight excluding hydrogens is 244 g/mol. The van der Waals surface area contributed by atoms with Gasteiger partial charge in [-0.3, -0.25) is 4.90 Å². The number of piperazine rings is 1. The third-order valence-corrected chi connectivity index (χ3v) is 3.58. The van der Waals surface area contributed by atoms with Gasteiger partial charge in [-0.05, 0) is 13.5 Å². The topological polar surface area (TPSA) is 90.9 Å². The van der Waals surface area contributed by atoms with Crippen LogP contribution in [0.3, 0.4) is 0 Å². The summed E-state index contributed by atoms with van der Waals surface area (Å²) in [5.74, 6) is 0.810. The van der Waals surface area contributed by atoms with Crippen molar-refractivity contribution in [3.63, 3.8) is 0 Å². The Morgan fingerprint density at radius 1 is 1.47 bits per heavy atom. The van der Waals surface area contributed by atoms with Gasteiger partial charge < -0.3 is 15.8 Å². The number of hydrogen-bond acceptors (Lipinski definition) is 6. The highest BCUT2D eigenvalue weighted by Gasteiger charge is 2.23. The Hall–Kier alpha value is -1.89. The number of amidine groups is 1. The highest BCUT2D eigenvalue weighted by molar-refractivity contribution is 5.94. The summed E-state index contributed by atoms with van der Waals surface area (Å²) in [5.41, 5.74) is 5.84. The van der Waals surface area contributed by atoms with Gasteiger partial charge in [-0.1, -0.05) is 12.1 Å². The highest BCUT2D eigenvalue weighted by atomic mass is 16.4. The number of oxime groups is 1. The van der Waals surface area contributed by atoms with Gasteiger partial charge in [0, 0.05) is 25.7 Å². The molecule has 1 aliphatic heterocycles. The molecule has 1 atom stereocenters. The first-order valence-corrected chi connectivity index (χ1v) is 6.40. The molecule has 1 aliphatic rings. The third-order valence-electron chi connectivity index (χ3n) is 3.58. The van der Waals surface area contributed by atoms with Crippen LogP contribution < -0.4 is 10.6 Å². The minimum Gasteiger partial charge on any atom is -0.409 e. The maximum Gasteiger partial charge on any atom is 0.190 e. The quantitative estimate of drug-likeness (QED) is 0.348. The van der Waals surface area contributed by atoms with Crippen LogP contribution in [0.2, 0.25) is 0 Å². The van der Waals surface area contributed by atoms with E-state index in [1.54, 1.807) is 6.20 Å². The Balaban J connectivity index is 2.10. The SMILES string of the molecule is CCC1CN(c2cnc(C(N)=NO)cn2)CCN1C. The zero-order valence-electron chi connectivity index (χ0n) is 11.3. The second kappa shape index (κ2) is 5.83. The molecule has 3 N–H and O–H groups in total. The summed E-state index contributed by atoms with van der Waals surface area (Å²) < 4.78 is 0. The van der Waals surface area contributed by atoms with Gasteiger partial charge in [-0.2, -0.15) is 0 Å². The van der Waals surface area contributed by atoms with E-state index < -0.39 is 0 Å². The van der Waals surface area contributed by atoms with Crippen LogP contribution in [-0.4, -0.2) is 58.6 Å². The van der Waals surface area contributed by atoms with Crippen molar-refractivity contribution in [3.8, 4) is 0 Å². The highest BCUT2D eigenvalue weighted by Crippen LogP contribution is 2.16. The molecule has 0 aromatic carbocycles. The lowest BCUT2D eigenvalue weighted by Crippen LogP contribution is -2.51. The van der Waals surface area contributed by atoms with Crippen molar-refractivity contribution in [2.24, 2.45) is 10.9 Å². The number of aromatic nitrogens is 2. The minimum absolute atomic E-state index is 0.0242. The van der Waals surface area contributed by atoms with Crippen LogP contribution in [0.15, 0.2) is 17.5 Å². The molecule has 104 valence electrons. The zero-order valence-corrected chi connectivity index (χ0v) is 11.3. The van der Waals surface area contributed by atoms with Gasteiger partial charge in [0.05, 0.1) is 12.4 Å². The van der Waals surface area contributed by atoms with Gasteiger partial charge in [-0.15, -0.1) is 0 Å². The van der Waals surface area contributed by atoms with Crippen LogP contribution >= 0.6 is 0 Å². The van der Waals surface area contributed by atoms with Gasteiger partial charge in [0.1, 0.15) is 11.5 Å². The largest absolute Gasteiger partial charge is 0.409 e. The van der Waals surface area contributed by atoms with E-state index in [2.05, 4.69) is 38.9 Å². The van der Waals surface area contributed by atoms with Crippen LogP contribution in [0.1, 0.15) is 19.0 Å². The lowest BCUT2D eigenvalue weighted by atomic mass is 10.1. The van der Waals surface area contributed by atoms with Gasteiger partial charge in [0.15, 0.2) is 5.84 Å². The predicted octanol–water partition coefficient (Wildman–Crippen LogP) is 0.102. The molecule has 1 aromatic heterocycles. The molecule has 1 unspecified atom stereocenters. The van der Waals surface area contributed by atoms with Crippen molar-refractivity contribution in [2.45, 2.75) is 19.4 Å². The molecular formula is C12H20N6O. The van der Waals surface area contributed by atoms with Crippen LogP contribution in [-0.2, 0) is 0 Å². The monoisotopic (exact) mass is 264 g/mol. The van der Waals surface area contributed by atoms with Gasteiger partial charge in [0.2, 0.25) is 0 Å². The number of nitrogens with zero attached hydrogens (tertiary/aromatic N) is 5. The van der Waals surface area contributed by atoms with E-state index >= 15 is 0 Å². The Morgan fingerprint density at radius 2 is 2.26 bits per heavy atom. The predicted molar refractivity (Wildman–Crippen MR) is 73.5 cm³/mol. The van der Waals surface area contributed by atoms with E-state index in [1.807, 2.05) is 0 Å². The zero-order chi connectivity index (χ0) is 13.8. The molecule has 0 radical (unpaired) electrons. The molecule has 1 aromatic rings. The third kappa shape index (κ3) is 2.93. The summed E-state index contributed by atoms with van der Waals surface area (Å²) in [4.78, 5) is 13.1. The molecule has 7 heteroatoms. The summed E-state index contributed by atoms with van der Waals surface area (Å²) in [6, 6.07) is 0.541. The van der Waals surface area contributed by atoms with Crippen molar-refractivity contribution < 1.29 is 5.21 Å². The standard InChI is InChI=1S/C12H20N6O/c1-3-9-8-18(5-4-17(9)2)11-7-14-10(6-15-11)12(13)16-19/h6-7,9,19H,3-5,8H2,1-2H3,(H2,13,16).